The number of carbonyl (C=O) groups excluding carboxylic acids is 1. The van der Waals surface area contributed by atoms with Crippen LogP contribution in [-0.2, 0) is 11.2 Å². The highest BCUT2D eigenvalue weighted by molar-refractivity contribution is 5.93. The normalized spacial score (nSPS) is 16.4. The van der Waals surface area contributed by atoms with E-state index < -0.39 is 5.82 Å². The zero-order chi connectivity index (χ0) is 32.9. The third-order valence-corrected chi connectivity index (χ3v) is 8.82. The third kappa shape index (κ3) is 7.11. The number of imidazole rings is 1. The Morgan fingerprint density at radius 1 is 1.13 bits per heavy atom. The van der Waals surface area contributed by atoms with Crippen LogP contribution in [0.25, 0.3) is 34.8 Å². The number of aromatic amines is 2. The molecule has 0 spiro atoms. The molecular weight excluding hydrogens is 593 g/mol. The van der Waals surface area contributed by atoms with E-state index in [2.05, 4.69) is 25.5 Å². The number of benzene rings is 1. The maximum atomic E-state index is 14.6. The van der Waals surface area contributed by atoms with Crippen LogP contribution >= 0.6 is 0 Å². The van der Waals surface area contributed by atoms with Crippen molar-refractivity contribution in [1.82, 2.24) is 25.1 Å². The lowest BCUT2D eigenvalue weighted by Crippen LogP contribution is -2.24. The number of nitrogens with zero attached hydrogens (tertiary/aromatic N) is 3. The number of allylic oxidation sites excluding steroid dienone is 4. The lowest BCUT2D eigenvalue weighted by Gasteiger charge is -2.20. The molecule has 0 saturated heterocycles. The Kier molecular flexibility index (Phi) is 9.47. The number of hydrogen-bond donors (Lipinski definition) is 4. The van der Waals surface area contributed by atoms with Gasteiger partial charge >= 0.3 is 0 Å². The number of fused-ring (bicyclic) bond motifs is 1. The summed E-state index contributed by atoms with van der Waals surface area (Å²) in [6.45, 7) is 3.97. The monoisotopic (exact) mass is 633 g/mol. The van der Waals surface area contributed by atoms with Crippen LogP contribution in [0.4, 0.5) is 10.1 Å². The molecule has 10 heteroatoms. The van der Waals surface area contributed by atoms with E-state index in [-0.39, 0.29) is 5.91 Å². The summed E-state index contributed by atoms with van der Waals surface area (Å²) in [5.41, 5.74) is 13.0. The molecule has 4 aromatic rings. The first-order chi connectivity index (χ1) is 22.8. The number of nitrogens with one attached hydrogen (secondary N) is 3. The first-order valence-electron chi connectivity index (χ1n) is 16.1. The van der Waals surface area contributed by atoms with Gasteiger partial charge in [0.05, 0.1) is 30.0 Å². The van der Waals surface area contributed by atoms with E-state index in [1.54, 1.807) is 18.5 Å². The molecule has 0 atom stereocenters. The summed E-state index contributed by atoms with van der Waals surface area (Å²) in [5.74, 6) is 1.05. The van der Waals surface area contributed by atoms with Crippen molar-refractivity contribution in [2.24, 2.45) is 11.7 Å². The average molecular weight is 634 g/mol. The minimum atomic E-state index is -0.390. The number of amides is 1. The molecule has 0 unspecified atom stereocenters. The summed E-state index contributed by atoms with van der Waals surface area (Å²) >= 11 is 0. The van der Waals surface area contributed by atoms with Gasteiger partial charge in [0.1, 0.15) is 17.3 Å². The van der Waals surface area contributed by atoms with Crippen molar-refractivity contribution in [3.05, 3.63) is 99.5 Å². The van der Waals surface area contributed by atoms with Crippen LogP contribution in [0, 0.1) is 11.7 Å². The maximum Gasteiger partial charge on any atom is 0.224 e. The molecule has 3 heterocycles. The summed E-state index contributed by atoms with van der Waals surface area (Å²) < 4.78 is 19.9. The Hall–Kier alpha value is -5.25. The van der Waals surface area contributed by atoms with Crippen LogP contribution in [0.15, 0.2) is 60.6 Å². The van der Waals surface area contributed by atoms with Gasteiger partial charge < -0.3 is 20.8 Å². The molecule has 1 amide bonds. The highest BCUT2D eigenvalue weighted by atomic mass is 19.1. The molecule has 0 radical (unpaired) electrons. The number of aromatic nitrogens is 5. The Balaban J connectivity index is 1.34. The number of ether oxygens (including phenoxy) is 1. The molecule has 0 aliphatic heterocycles. The van der Waals surface area contributed by atoms with Crippen LogP contribution in [0.2, 0.25) is 0 Å². The predicted octanol–water partition coefficient (Wildman–Crippen LogP) is 5.77. The Morgan fingerprint density at radius 3 is 2.72 bits per heavy atom. The molecule has 9 nitrogen and oxygen atoms in total. The predicted molar refractivity (Wildman–Crippen MR) is 184 cm³/mol. The topological polar surface area (TPSA) is 135 Å². The minimum absolute atomic E-state index is 0.00543. The number of H-pyrrole nitrogens is 2. The van der Waals surface area contributed by atoms with Crippen LogP contribution < -0.4 is 26.4 Å². The van der Waals surface area contributed by atoms with Gasteiger partial charge in [0.15, 0.2) is 5.82 Å². The lowest BCUT2D eigenvalue weighted by atomic mass is 9.87. The number of anilines is 1. The van der Waals surface area contributed by atoms with Gasteiger partial charge in [-0.25, -0.2) is 9.37 Å². The molecular formula is C37H40FN7O2. The molecule has 242 valence electrons. The second-order valence-corrected chi connectivity index (χ2v) is 12.2. The van der Waals surface area contributed by atoms with E-state index in [9.17, 15) is 9.18 Å². The number of hydrogen-bond acceptors (Lipinski definition) is 6. The van der Waals surface area contributed by atoms with Gasteiger partial charge in [-0.2, -0.15) is 5.10 Å². The SMILES string of the molecule is C\C=c1/[nH]nc(-c2nc3c([nH]2)CC(C)=CC=C3c2cc(F)cc(OC)c2)/c1=C/C(=C\N)c1cncc(NC(=O)CC2CCCCC2)c1. The second kappa shape index (κ2) is 14.0. The van der Waals surface area contributed by atoms with E-state index in [4.69, 9.17) is 15.5 Å². The molecule has 47 heavy (non-hydrogen) atoms. The summed E-state index contributed by atoms with van der Waals surface area (Å²) in [4.78, 5) is 25.7. The zero-order valence-electron chi connectivity index (χ0n) is 27.0. The fraction of sp³-hybridized carbons (Fsp3) is 0.297. The summed E-state index contributed by atoms with van der Waals surface area (Å²) in [6, 6.07) is 6.52. The standard InChI is InChI=1S/C37H40FN7O2/c1-4-32-31(17-25(19-39)26-15-28(21-40-20-26)41-34(46)13-23-8-6-5-7-9-23)36(45-44-32)37-42-33-12-22(2)10-11-30(35(33)43-37)24-14-27(38)18-29(16-24)47-3/h4,10-11,14-21,23,44H,5-9,12-13,39H2,1-3H3,(H,41,46)(H,42,43)/b25-19+,31-17+,32-4-. The van der Waals surface area contributed by atoms with E-state index in [1.165, 1.54) is 44.7 Å². The van der Waals surface area contributed by atoms with Crippen molar-refractivity contribution in [1.29, 1.82) is 0 Å². The van der Waals surface area contributed by atoms with Crippen molar-refractivity contribution < 1.29 is 13.9 Å². The van der Waals surface area contributed by atoms with E-state index >= 15 is 0 Å². The number of nitrogens with two attached hydrogens (primary N) is 1. The van der Waals surface area contributed by atoms with E-state index in [1.807, 2.05) is 44.2 Å². The quantitative estimate of drug-likeness (QED) is 0.195. The molecule has 0 bridgehead atoms. The summed E-state index contributed by atoms with van der Waals surface area (Å²) in [7, 11) is 1.52. The molecule has 2 aliphatic rings. The highest BCUT2D eigenvalue weighted by Crippen LogP contribution is 2.33. The van der Waals surface area contributed by atoms with Crippen molar-refractivity contribution >= 4 is 34.9 Å². The fourth-order valence-electron chi connectivity index (χ4n) is 6.41. The molecule has 2 aliphatic carbocycles. The molecule has 5 N–H and O–H groups in total. The maximum absolute atomic E-state index is 14.6. The largest absolute Gasteiger partial charge is 0.497 e. The Morgan fingerprint density at radius 2 is 1.96 bits per heavy atom. The molecule has 3 aromatic heterocycles. The van der Waals surface area contributed by atoms with Gasteiger partial charge in [0.2, 0.25) is 5.91 Å². The summed E-state index contributed by atoms with van der Waals surface area (Å²) in [6.07, 6.45) is 19.8. The van der Waals surface area contributed by atoms with Gasteiger partial charge in [0, 0.05) is 53.4 Å². The number of methoxy groups -OCH3 is 1. The lowest BCUT2D eigenvalue weighted by molar-refractivity contribution is -0.117. The van der Waals surface area contributed by atoms with Gasteiger partial charge in [-0.3, -0.25) is 14.9 Å². The highest BCUT2D eigenvalue weighted by Gasteiger charge is 2.22. The Bertz CT molecular complexity index is 2010. The molecule has 6 rings (SSSR count). The van der Waals surface area contributed by atoms with Crippen LogP contribution in [0.5, 0.6) is 5.75 Å². The molecule has 1 fully saturated rings. The minimum Gasteiger partial charge on any atom is -0.497 e. The first-order valence-corrected chi connectivity index (χ1v) is 16.1. The first kappa shape index (κ1) is 31.7. The Labute approximate surface area is 273 Å². The van der Waals surface area contributed by atoms with Gasteiger partial charge in [0.25, 0.3) is 0 Å². The molecule has 1 saturated carbocycles. The van der Waals surface area contributed by atoms with Crippen molar-refractivity contribution in [3.63, 3.8) is 0 Å². The third-order valence-electron chi connectivity index (χ3n) is 8.82. The van der Waals surface area contributed by atoms with Crippen molar-refractivity contribution in [2.75, 3.05) is 12.4 Å². The van der Waals surface area contributed by atoms with Crippen LogP contribution in [0.3, 0.4) is 0 Å². The molecule has 1 aromatic carbocycles. The number of carbonyl (C=O) groups is 1. The van der Waals surface area contributed by atoms with Crippen LogP contribution in [-0.4, -0.2) is 38.2 Å². The average Bonchev–Trinajstić information content (AvgIpc) is 3.63. The van der Waals surface area contributed by atoms with E-state index in [0.717, 1.165) is 45.8 Å². The fourth-order valence-corrected chi connectivity index (χ4v) is 6.41. The zero-order valence-corrected chi connectivity index (χ0v) is 27.0. The van der Waals surface area contributed by atoms with Crippen molar-refractivity contribution in [3.8, 4) is 17.3 Å². The van der Waals surface area contributed by atoms with Crippen molar-refractivity contribution in [2.45, 2.75) is 58.8 Å². The smallest absolute Gasteiger partial charge is 0.224 e. The van der Waals surface area contributed by atoms with Gasteiger partial charge in [-0.05, 0) is 68.0 Å². The van der Waals surface area contributed by atoms with Gasteiger partial charge in [-0.15, -0.1) is 0 Å². The van der Waals surface area contributed by atoms with Crippen LogP contribution in [0.1, 0.15) is 74.9 Å². The summed E-state index contributed by atoms with van der Waals surface area (Å²) in [5, 5.41) is 12.4. The van der Waals surface area contributed by atoms with Gasteiger partial charge in [-0.1, -0.05) is 43.1 Å². The number of halogens is 1. The second-order valence-electron chi connectivity index (χ2n) is 12.2. The van der Waals surface area contributed by atoms with E-state index in [0.29, 0.717) is 58.5 Å². The number of pyridine rings is 1. The number of rotatable bonds is 8.